The smallest absolute Gasteiger partial charge is 0.456 e. The fourth-order valence-electron chi connectivity index (χ4n) is 1.94. The minimum absolute atomic E-state index is 0.350. The molecular formula is C15H14BNO3. The van der Waals surface area contributed by atoms with Crippen molar-refractivity contribution in [3.05, 3.63) is 59.9 Å². The second-order valence-corrected chi connectivity index (χ2v) is 4.21. The predicted octanol–water partition coefficient (Wildman–Crippen LogP) is 1.82. The molecule has 0 bridgehead atoms. The van der Waals surface area contributed by atoms with Crippen LogP contribution in [0.25, 0.3) is 0 Å². The van der Waals surface area contributed by atoms with Crippen molar-refractivity contribution in [3.8, 4) is 11.8 Å². The van der Waals surface area contributed by atoms with Crippen LogP contribution in [0.3, 0.4) is 0 Å². The van der Waals surface area contributed by atoms with Gasteiger partial charge in [0.05, 0.1) is 12.2 Å². The molecule has 0 radical (unpaired) electrons. The Morgan fingerprint density at radius 1 is 1.60 bits per heavy atom. The first-order valence-electron chi connectivity index (χ1n) is 6.19. The molecule has 0 saturated carbocycles. The van der Waals surface area contributed by atoms with Crippen molar-refractivity contribution in [2.75, 3.05) is 0 Å². The molecule has 1 N–H and O–H groups in total. The highest BCUT2D eigenvalue weighted by Crippen LogP contribution is 2.21. The van der Waals surface area contributed by atoms with Crippen LogP contribution in [-0.4, -0.2) is 12.1 Å². The fraction of sp³-hybridized carbons (Fsp3) is 0.133. The summed E-state index contributed by atoms with van der Waals surface area (Å²) in [5, 5.41) is 18.6. The van der Waals surface area contributed by atoms with Crippen molar-refractivity contribution in [2.45, 2.75) is 13.5 Å². The Kier molecular flexibility index (Phi) is 4.41. The first-order chi connectivity index (χ1) is 9.69. The van der Waals surface area contributed by atoms with E-state index in [1.165, 1.54) is 0 Å². The van der Waals surface area contributed by atoms with E-state index in [0.717, 1.165) is 11.0 Å². The summed E-state index contributed by atoms with van der Waals surface area (Å²) in [5.74, 6) is 1.02. The van der Waals surface area contributed by atoms with Crippen molar-refractivity contribution in [2.24, 2.45) is 0 Å². The molecule has 100 valence electrons. The molecule has 0 saturated heterocycles. The summed E-state index contributed by atoms with van der Waals surface area (Å²) in [5.41, 5.74) is 2.06. The van der Waals surface area contributed by atoms with E-state index in [1.807, 2.05) is 0 Å². The second kappa shape index (κ2) is 6.24. The molecule has 1 aliphatic rings. The highest BCUT2D eigenvalue weighted by molar-refractivity contribution is 6.61. The van der Waals surface area contributed by atoms with E-state index >= 15 is 0 Å². The minimum Gasteiger partial charge on any atom is -0.456 e. The van der Waals surface area contributed by atoms with Crippen LogP contribution in [0.2, 0.25) is 0 Å². The fourth-order valence-corrected chi connectivity index (χ4v) is 1.94. The molecule has 0 aliphatic carbocycles. The third-order valence-corrected chi connectivity index (χ3v) is 2.95. The van der Waals surface area contributed by atoms with E-state index in [-0.39, 0.29) is 0 Å². The number of rotatable bonds is 4. The molecule has 0 aromatic heterocycles. The Bertz CT molecular complexity index is 628. The Hall–Kier alpha value is -2.29. The van der Waals surface area contributed by atoms with E-state index in [4.69, 9.17) is 14.7 Å². The highest BCUT2D eigenvalue weighted by atomic mass is 16.5. The van der Waals surface area contributed by atoms with Gasteiger partial charge in [-0.15, -0.1) is 0 Å². The van der Waals surface area contributed by atoms with Gasteiger partial charge >= 0.3 is 7.12 Å². The van der Waals surface area contributed by atoms with Crippen molar-refractivity contribution >= 4 is 12.6 Å². The standard InChI is InChI=1S/C15H14BNO3/c1-3-5-15(11(4-2)9-17)20-13-6-7-14-12(8-13)10-19-16(14)18/h3-8,18H,1,10H2,2H3/b11-4-,15-5+. The van der Waals surface area contributed by atoms with Gasteiger partial charge in [0.1, 0.15) is 17.6 Å². The van der Waals surface area contributed by atoms with E-state index in [2.05, 4.69) is 12.6 Å². The topological polar surface area (TPSA) is 62.5 Å². The largest absolute Gasteiger partial charge is 0.491 e. The molecule has 5 heteroatoms. The van der Waals surface area contributed by atoms with Crippen molar-refractivity contribution < 1.29 is 14.4 Å². The Morgan fingerprint density at radius 3 is 3.05 bits per heavy atom. The maximum absolute atomic E-state index is 9.56. The predicted molar refractivity (Wildman–Crippen MR) is 77.1 cm³/mol. The summed E-state index contributed by atoms with van der Waals surface area (Å²) in [4.78, 5) is 0. The molecule has 4 nitrogen and oxygen atoms in total. The molecule has 2 rings (SSSR count). The van der Waals surface area contributed by atoms with E-state index in [1.54, 1.807) is 43.4 Å². The molecule has 0 unspecified atom stereocenters. The van der Waals surface area contributed by atoms with Gasteiger partial charge in [-0.2, -0.15) is 5.26 Å². The molecular weight excluding hydrogens is 253 g/mol. The van der Waals surface area contributed by atoms with Gasteiger partial charge in [0.2, 0.25) is 0 Å². The van der Waals surface area contributed by atoms with Gasteiger partial charge < -0.3 is 14.4 Å². The lowest BCUT2D eigenvalue weighted by molar-refractivity contribution is 0.275. The van der Waals surface area contributed by atoms with Crippen LogP contribution in [0.15, 0.2) is 54.3 Å². The summed E-state index contributed by atoms with van der Waals surface area (Å²) >= 11 is 0. The van der Waals surface area contributed by atoms with Crippen LogP contribution in [0.4, 0.5) is 0 Å². The lowest BCUT2D eigenvalue weighted by atomic mass is 9.80. The summed E-state index contributed by atoms with van der Waals surface area (Å²) in [6.07, 6.45) is 4.88. The summed E-state index contributed by atoms with van der Waals surface area (Å²) in [6, 6.07) is 7.36. The van der Waals surface area contributed by atoms with Crippen molar-refractivity contribution in [3.63, 3.8) is 0 Å². The normalized spacial score (nSPS) is 14.8. The van der Waals surface area contributed by atoms with Gasteiger partial charge in [0.15, 0.2) is 0 Å². The first kappa shape index (κ1) is 14.1. The van der Waals surface area contributed by atoms with Gasteiger partial charge in [0, 0.05) is 0 Å². The number of nitrogens with zero attached hydrogens (tertiary/aromatic N) is 1. The van der Waals surface area contributed by atoms with Crippen LogP contribution in [0, 0.1) is 11.3 Å². The third kappa shape index (κ3) is 2.82. The van der Waals surface area contributed by atoms with Gasteiger partial charge in [-0.25, -0.2) is 0 Å². The van der Waals surface area contributed by atoms with E-state index in [0.29, 0.717) is 23.7 Å². The molecule has 0 fully saturated rings. The lowest BCUT2D eigenvalue weighted by Crippen LogP contribution is -2.27. The van der Waals surface area contributed by atoms with Crippen LogP contribution >= 0.6 is 0 Å². The van der Waals surface area contributed by atoms with Crippen LogP contribution in [-0.2, 0) is 11.3 Å². The molecule has 0 spiro atoms. The average Bonchev–Trinajstić information content (AvgIpc) is 2.81. The molecule has 20 heavy (non-hydrogen) atoms. The minimum atomic E-state index is -0.868. The van der Waals surface area contributed by atoms with E-state index < -0.39 is 7.12 Å². The Morgan fingerprint density at radius 2 is 2.40 bits per heavy atom. The number of hydrogen-bond donors (Lipinski definition) is 1. The second-order valence-electron chi connectivity index (χ2n) is 4.21. The molecule has 0 atom stereocenters. The number of allylic oxidation sites excluding steroid dienone is 4. The average molecular weight is 267 g/mol. The summed E-state index contributed by atoms with van der Waals surface area (Å²) in [6.45, 7) is 5.73. The van der Waals surface area contributed by atoms with Crippen LogP contribution < -0.4 is 10.2 Å². The number of benzene rings is 1. The maximum atomic E-state index is 9.56. The molecule has 0 amide bonds. The summed E-state index contributed by atoms with van der Waals surface area (Å²) < 4.78 is 10.8. The zero-order valence-electron chi connectivity index (χ0n) is 11.2. The maximum Gasteiger partial charge on any atom is 0.491 e. The lowest BCUT2D eigenvalue weighted by Gasteiger charge is -2.10. The van der Waals surface area contributed by atoms with Crippen LogP contribution in [0.1, 0.15) is 12.5 Å². The Balaban J connectivity index is 2.27. The van der Waals surface area contributed by atoms with Gasteiger partial charge in [-0.05, 0) is 36.2 Å². The number of nitriles is 1. The zero-order chi connectivity index (χ0) is 14.5. The van der Waals surface area contributed by atoms with Crippen molar-refractivity contribution in [1.82, 2.24) is 0 Å². The highest BCUT2D eigenvalue weighted by Gasteiger charge is 2.27. The summed E-state index contributed by atoms with van der Waals surface area (Å²) in [7, 11) is -0.868. The number of fused-ring (bicyclic) bond motifs is 1. The monoisotopic (exact) mass is 267 g/mol. The number of hydrogen-bond acceptors (Lipinski definition) is 4. The SMILES string of the molecule is C=C/C=C(Oc1ccc2c(c1)COB2O)\C(C#N)=C/C. The molecule has 1 heterocycles. The molecule has 1 aromatic rings. The zero-order valence-corrected chi connectivity index (χ0v) is 11.2. The first-order valence-corrected chi connectivity index (χ1v) is 6.19. The quantitative estimate of drug-likeness (QED) is 0.391. The van der Waals surface area contributed by atoms with Gasteiger partial charge in [0.25, 0.3) is 0 Å². The van der Waals surface area contributed by atoms with Crippen LogP contribution in [0.5, 0.6) is 5.75 Å². The molecule has 1 aromatic carbocycles. The Labute approximate surface area is 118 Å². The third-order valence-electron chi connectivity index (χ3n) is 2.95. The molecule has 1 aliphatic heterocycles. The van der Waals surface area contributed by atoms with E-state index in [9.17, 15) is 5.02 Å². The number of ether oxygens (including phenoxy) is 1. The van der Waals surface area contributed by atoms with Crippen molar-refractivity contribution in [1.29, 1.82) is 5.26 Å². The van der Waals surface area contributed by atoms with Gasteiger partial charge in [-0.1, -0.05) is 24.8 Å². The van der Waals surface area contributed by atoms with Gasteiger partial charge in [-0.3, -0.25) is 0 Å².